The second-order valence-electron chi connectivity index (χ2n) is 2.57. The van der Waals surface area contributed by atoms with Crippen molar-refractivity contribution in [1.82, 2.24) is 9.78 Å². The van der Waals surface area contributed by atoms with Crippen molar-refractivity contribution in [2.45, 2.75) is 19.9 Å². The average molecular weight is 170 g/mol. The summed E-state index contributed by atoms with van der Waals surface area (Å²) in [5, 5.41) is 4.29. The molecule has 0 spiro atoms. The molecule has 2 nitrogen and oxygen atoms in total. The van der Waals surface area contributed by atoms with Crippen molar-refractivity contribution in [3.05, 3.63) is 18.0 Å². The predicted octanol–water partition coefficient (Wildman–Crippen LogP) is 1.94. The lowest BCUT2D eigenvalue weighted by atomic mass is 10.5. The highest BCUT2D eigenvalue weighted by Gasteiger charge is 1.92. The zero-order valence-corrected chi connectivity index (χ0v) is 7.90. The van der Waals surface area contributed by atoms with E-state index in [2.05, 4.69) is 11.4 Å². The molecule has 0 radical (unpaired) electrons. The summed E-state index contributed by atoms with van der Waals surface area (Å²) in [4.78, 5) is 0. The van der Waals surface area contributed by atoms with Crippen molar-refractivity contribution in [3.63, 3.8) is 0 Å². The summed E-state index contributed by atoms with van der Waals surface area (Å²) in [5.41, 5.74) is 1.11. The summed E-state index contributed by atoms with van der Waals surface area (Å²) >= 11 is 1.89. The topological polar surface area (TPSA) is 17.8 Å². The van der Waals surface area contributed by atoms with Gasteiger partial charge in [-0.15, -0.1) is 0 Å². The predicted molar refractivity (Wildman–Crippen MR) is 50.0 cm³/mol. The lowest BCUT2D eigenvalue weighted by molar-refractivity contribution is 0.602. The molecule has 0 saturated heterocycles. The highest BCUT2D eigenvalue weighted by molar-refractivity contribution is 7.98. The number of aryl methyl sites for hydroxylation is 2. The molecule has 0 aromatic carbocycles. The first-order chi connectivity index (χ1) is 5.33. The fourth-order valence-corrected chi connectivity index (χ4v) is 1.38. The van der Waals surface area contributed by atoms with E-state index < -0.39 is 0 Å². The second-order valence-corrected chi connectivity index (χ2v) is 3.55. The third-order valence-electron chi connectivity index (χ3n) is 1.51. The zero-order valence-electron chi connectivity index (χ0n) is 7.08. The van der Waals surface area contributed by atoms with Crippen LogP contribution in [0.5, 0.6) is 0 Å². The number of aromatic nitrogens is 2. The van der Waals surface area contributed by atoms with E-state index in [1.54, 1.807) is 0 Å². The minimum absolute atomic E-state index is 1.05. The summed E-state index contributed by atoms with van der Waals surface area (Å²) in [5.74, 6) is 1.22. The molecule has 0 aliphatic carbocycles. The Balaban J connectivity index is 2.27. The quantitative estimate of drug-likeness (QED) is 0.643. The number of nitrogens with zero attached hydrogens (tertiary/aromatic N) is 2. The largest absolute Gasteiger partial charge is 0.272 e. The third-order valence-corrected chi connectivity index (χ3v) is 2.21. The molecule has 1 aromatic rings. The van der Waals surface area contributed by atoms with E-state index in [1.165, 1.54) is 12.2 Å². The van der Waals surface area contributed by atoms with Gasteiger partial charge in [0.05, 0.1) is 5.69 Å². The molecule has 0 aliphatic heterocycles. The molecule has 0 N–H and O–H groups in total. The van der Waals surface area contributed by atoms with Crippen molar-refractivity contribution in [2.75, 3.05) is 12.0 Å². The molecule has 0 atom stereocenters. The van der Waals surface area contributed by atoms with Crippen molar-refractivity contribution in [3.8, 4) is 0 Å². The van der Waals surface area contributed by atoms with Gasteiger partial charge in [-0.25, -0.2) is 0 Å². The third kappa shape index (κ3) is 2.97. The first kappa shape index (κ1) is 8.65. The van der Waals surface area contributed by atoms with Crippen LogP contribution in [0.1, 0.15) is 12.1 Å². The standard InChI is InChI=1S/C8H14N2S/c1-8-4-6-10(9-8)5-3-7-11-2/h4,6H,3,5,7H2,1-2H3. The van der Waals surface area contributed by atoms with Crippen LogP contribution in [-0.4, -0.2) is 21.8 Å². The summed E-state index contributed by atoms with van der Waals surface area (Å²) in [6, 6.07) is 2.04. The van der Waals surface area contributed by atoms with E-state index in [1.807, 2.05) is 35.6 Å². The molecule has 0 unspecified atom stereocenters. The van der Waals surface area contributed by atoms with E-state index >= 15 is 0 Å². The van der Waals surface area contributed by atoms with Gasteiger partial charge in [0, 0.05) is 12.7 Å². The van der Waals surface area contributed by atoms with Crippen molar-refractivity contribution < 1.29 is 0 Å². The molecule has 3 heteroatoms. The summed E-state index contributed by atoms with van der Waals surface area (Å²) < 4.78 is 2.01. The summed E-state index contributed by atoms with van der Waals surface area (Å²) in [6.45, 7) is 3.07. The van der Waals surface area contributed by atoms with Crippen LogP contribution < -0.4 is 0 Å². The smallest absolute Gasteiger partial charge is 0.0593 e. The first-order valence-corrected chi connectivity index (χ1v) is 5.21. The Kier molecular flexibility index (Phi) is 3.49. The maximum Gasteiger partial charge on any atom is 0.0593 e. The van der Waals surface area contributed by atoms with Gasteiger partial charge in [0.15, 0.2) is 0 Å². The van der Waals surface area contributed by atoms with E-state index in [0.717, 1.165) is 12.2 Å². The molecule has 0 amide bonds. The van der Waals surface area contributed by atoms with Gasteiger partial charge in [0.2, 0.25) is 0 Å². The van der Waals surface area contributed by atoms with Crippen LogP contribution in [-0.2, 0) is 6.54 Å². The maximum atomic E-state index is 4.29. The van der Waals surface area contributed by atoms with Crippen molar-refractivity contribution in [1.29, 1.82) is 0 Å². The van der Waals surface area contributed by atoms with E-state index in [9.17, 15) is 0 Å². The van der Waals surface area contributed by atoms with Crippen LogP contribution in [0.3, 0.4) is 0 Å². The number of hydrogen-bond acceptors (Lipinski definition) is 2. The Bertz CT molecular complexity index is 208. The van der Waals surface area contributed by atoms with Crippen molar-refractivity contribution >= 4 is 11.8 Å². The lowest BCUT2D eigenvalue weighted by Gasteiger charge is -1.98. The molecule has 0 aliphatic rings. The monoisotopic (exact) mass is 170 g/mol. The lowest BCUT2D eigenvalue weighted by Crippen LogP contribution is -1.99. The Morgan fingerprint density at radius 3 is 3.00 bits per heavy atom. The molecule has 11 heavy (non-hydrogen) atoms. The van der Waals surface area contributed by atoms with Crippen LogP contribution in [0.2, 0.25) is 0 Å². The van der Waals surface area contributed by atoms with Crippen LogP contribution in [0.15, 0.2) is 12.3 Å². The second kappa shape index (κ2) is 4.44. The average Bonchev–Trinajstić information content (AvgIpc) is 2.37. The van der Waals surface area contributed by atoms with Crippen LogP contribution in [0.25, 0.3) is 0 Å². The fourth-order valence-electron chi connectivity index (χ4n) is 0.959. The summed E-state index contributed by atoms with van der Waals surface area (Å²) in [6.07, 6.45) is 5.38. The minimum atomic E-state index is 1.05. The van der Waals surface area contributed by atoms with Crippen LogP contribution in [0, 0.1) is 6.92 Å². The highest BCUT2D eigenvalue weighted by atomic mass is 32.2. The minimum Gasteiger partial charge on any atom is -0.272 e. The Morgan fingerprint density at radius 2 is 2.45 bits per heavy atom. The van der Waals surface area contributed by atoms with Gasteiger partial charge in [-0.05, 0) is 31.4 Å². The SMILES string of the molecule is CSCCCn1ccc(C)n1. The van der Waals surface area contributed by atoms with Gasteiger partial charge < -0.3 is 0 Å². The maximum absolute atomic E-state index is 4.29. The van der Waals surface area contributed by atoms with E-state index in [-0.39, 0.29) is 0 Å². The molecule has 0 saturated carbocycles. The van der Waals surface area contributed by atoms with Crippen LogP contribution in [0.4, 0.5) is 0 Å². The fraction of sp³-hybridized carbons (Fsp3) is 0.625. The number of thioether (sulfide) groups is 1. The Morgan fingerprint density at radius 1 is 1.64 bits per heavy atom. The first-order valence-electron chi connectivity index (χ1n) is 3.82. The van der Waals surface area contributed by atoms with Gasteiger partial charge in [-0.2, -0.15) is 16.9 Å². The molecular formula is C8H14N2S. The molecule has 62 valence electrons. The van der Waals surface area contributed by atoms with E-state index in [0.29, 0.717) is 0 Å². The molecule has 0 fully saturated rings. The van der Waals surface area contributed by atoms with Gasteiger partial charge in [-0.1, -0.05) is 0 Å². The van der Waals surface area contributed by atoms with E-state index in [4.69, 9.17) is 0 Å². The molecule has 1 heterocycles. The Labute approximate surface area is 72.0 Å². The number of hydrogen-bond donors (Lipinski definition) is 0. The normalized spacial score (nSPS) is 10.4. The Hall–Kier alpha value is -0.440. The number of rotatable bonds is 4. The van der Waals surface area contributed by atoms with Crippen LogP contribution >= 0.6 is 11.8 Å². The van der Waals surface area contributed by atoms with Gasteiger partial charge in [0.1, 0.15) is 0 Å². The highest BCUT2D eigenvalue weighted by Crippen LogP contribution is 1.99. The molecule has 1 aromatic heterocycles. The molecule has 0 bridgehead atoms. The molecular weight excluding hydrogens is 156 g/mol. The van der Waals surface area contributed by atoms with Crippen molar-refractivity contribution in [2.24, 2.45) is 0 Å². The summed E-state index contributed by atoms with van der Waals surface area (Å²) in [7, 11) is 0. The molecule has 1 rings (SSSR count). The van der Waals surface area contributed by atoms with Gasteiger partial charge in [0.25, 0.3) is 0 Å². The van der Waals surface area contributed by atoms with Gasteiger partial charge in [-0.3, -0.25) is 4.68 Å². The zero-order chi connectivity index (χ0) is 8.10. The van der Waals surface area contributed by atoms with Gasteiger partial charge >= 0.3 is 0 Å².